The van der Waals surface area contributed by atoms with E-state index in [2.05, 4.69) is 9.97 Å². The summed E-state index contributed by atoms with van der Waals surface area (Å²) in [5.41, 5.74) is 1.03. The van der Waals surface area contributed by atoms with Crippen molar-refractivity contribution in [2.75, 3.05) is 19.7 Å². The predicted molar refractivity (Wildman–Crippen MR) is 70.1 cm³/mol. The Bertz CT molecular complexity index is 597. The molecule has 2 aromatic rings. The van der Waals surface area contributed by atoms with E-state index < -0.39 is 0 Å². The second kappa shape index (κ2) is 5.42. The van der Waals surface area contributed by atoms with E-state index in [0.717, 1.165) is 5.76 Å². The first kappa shape index (κ1) is 12.8. The SMILES string of the molecule is Cc1nccnc1C(=O)N1CCOC(c2ccco2)C1. The van der Waals surface area contributed by atoms with Gasteiger partial charge in [0.25, 0.3) is 5.91 Å². The predicted octanol–water partition coefficient (Wildman–Crippen LogP) is 1.59. The minimum Gasteiger partial charge on any atom is -0.467 e. The van der Waals surface area contributed by atoms with Gasteiger partial charge in [0.1, 0.15) is 17.6 Å². The first-order valence-corrected chi connectivity index (χ1v) is 6.47. The van der Waals surface area contributed by atoms with Crippen LogP contribution in [-0.2, 0) is 4.74 Å². The Hall–Kier alpha value is -2.21. The molecule has 1 atom stereocenters. The maximum atomic E-state index is 12.5. The molecule has 20 heavy (non-hydrogen) atoms. The number of rotatable bonds is 2. The molecule has 0 radical (unpaired) electrons. The first-order chi connectivity index (χ1) is 9.75. The monoisotopic (exact) mass is 273 g/mol. The first-order valence-electron chi connectivity index (χ1n) is 6.47. The molecule has 0 N–H and O–H groups in total. The molecule has 1 saturated heterocycles. The second-order valence-electron chi connectivity index (χ2n) is 4.62. The molecule has 1 aliphatic rings. The summed E-state index contributed by atoms with van der Waals surface area (Å²) in [6.07, 6.45) is 4.49. The molecule has 1 fully saturated rings. The molecule has 3 rings (SSSR count). The van der Waals surface area contributed by atoms with Crippen molar-refractivity contribution in [2.45, 2.75) is 13.0 Å². The number of aromatic nitrogens is 2. The topological polar surface area (TPSA) is 68.5 Å². The molecular weight excluding hydrogens is 258 g/mol. The minimum absolute atomic E-state index is 0.115. The second-order valence-corrected chi connectivity index (χ2v) is 4.62. The van der Waals surface area contributed by atoms with Gasteiger partial charge in [-0.2, -0.15) is 0 Å². The van der Waals surface area contributed by atoms with Gasteiger partial charge in [-0.1, -0.05) is 0 Å². The molecule has 6 nitrogen and oxygen atoms in total. The third kappa shape index (κ3) is 2.42. The van der Waals surface area contributed by atoms with E-state index in [0.29, 0.717) is 31.1 Å². The van der Waals surface area contributed by atoms with Gasteiger partial charge in [0, 0.05) is 18.9 Å². The van der Waals surface area contributed by atoms with E-state index in [4.69, 9.17) is 9.15 Å². The smallest absolute Gasteiger partial charge is 0.274 e. The quantitative estimate of drug-likeness (QED) is 0.831. The van der Waals surface area contributed by atoms with Crippen molar-refractivity contribution in [3.8, 4) is 0 Å². The van der Waals surface area contributed by atoms with Crippen LogP contribution in [0.5, 0.6) is 0 Å². The van der Waals surface area contributed by atoms with Crippen molar-refractivity contribution in [2.24, 2.45) is 0 Å². The van der Waals surface area contributed by atoms with Crippen molar-refractivity contribution < 1.29 is 13.9 Å². The lowest BCUT2D eigenvalue weighted by Gasteiger charge is -2.31. The van der Waals surface area contributed by atoms with E-state index in [-0.39, 0.29) is 12.0 Å². The van der Waals surface area contributed by atoms with Crippen molar-refractivity contribution in [3.63, 3.8) is 0 Å². The van der Waals surface area contributed by atoms with Gasteiger partial charge in [-0.05, 0) is 19.1 Å². The number of hydrogen-bond donors (Lipinski definition) is 0. The van der Waals surface area contributed by atoms with Gasteiger partial charge >= 0.3 is 0 Å². The summed E-state index contributed by atoms with van der Waals surface area (Å²) in [5, 5.41) is 0. The average molecular weight is 273 g/mol. The zero-order valence-corrected chi connectivity index (χ0v) is 11.2. The Kier molecular flexibility index (Phi) is 3.47. The summed E-state index contributed by atoms with van der Waals surface area (Å²) < 4.78 is 11.0. The molecule has 3 heterocycles. The number of morpholine rings is 1. The molecule has 6 heteroatoms. The van der Waals surface area contributed by atoms with Gasteiger partial charge in [0.15, 0.2) is 0 Å². The van der Waals surface area contributed by atoms with Crippen molar-refractivity contribution in [1.29, 1.82) is 0 Å². The normalized spacial score (nSPS) is 19.1. The Balaban J connectivity index is 1.77. The fourth-order valence-electron chi connectivity index (χ4n) is 2.25. The average Bonchev–Trinajstić information content (AvgIpc) is 3.01. The lowest BCUT2D eigenvalue weighted by Crippen LogP contribution is -2.42. The van der Waals surface area contributed by atoms with E-state index in [1.807, 2.05) is 12.1 Å². The molecule has 0 bridgehead atoms. The lowest BCUT2D eigenvalue weighted by molar-refractivity contribution is -0.0323. The van der Waals surface area contributed by atoms with Gasteiger partial charge in [0.2, 0.25) is 0 Å². The van der Waals surface area contributed by atoms with E-state index in [1.54, 1.807) is 24.3 Å². The van der Waals surface area contributed by atoms with Crippen LogP contribution in [0, 0.1) is 6.92 Å². The Morgan fingerprint density at radius 2 is 2.25 bits per heavy atom. The largest absolute Gasteiger partial charge is 0.467 e. The minimum atomic E-state index is -0.223. The summed E-state index contributed by atoms with van der Waals surface area (Å²) in [4.78, 5) is 22.4. The van der Waals surface area contributed by atoms with Crippen LogP contribution in [0.3, 0.4) is 0 Å². The Labute approximate surface area is 116 Å². The number of amides is 1. The molecule has 0 spiro atoms. The standard InChI is InChI=1S/C14H15N3O3/c1-10-13(16-5-4-15-10)14(18)17-6-8-20-12(9-17)11-3-2-7-19-11/h2-5,7,12H,6,8-9H2,1H3. The molecule has 2 aromatic heterocycles. The van der Waals surface area contributed by atoms with Crippen LogP contribution in [0.25, 0.3) is 0 Å². The highest BCUT2D eigenvalue weighted by Crippen LogP contribution is 2.23. The van der Waals surface area contributed by atoms with Gasteiger partial charge in [-0.25, -0.2) is 4.98 Å². The van der Waals surface area contributed by atoms with Crippen LogP contribution in [0.1, 0.15) is 28.0 Å². The summed E-state index contributed by atoms with van der Waals surface area (Å²) in [7, 11) is 0. The highest BCUT2D eigenvalue weighted by atomic mass is 16.5. The van der Waals surface area contributed by atoms with Crippen molar-refractivity contribution in [1.82, 2.24) is 14.9 Å². The van der Waals surface area contributed by atoms with E-state index in [9.17, 15) is 4.79 Å². The maximum absolute atomic E-state index is 12.5. The van der Waals surface area contributed by atoms with E-state index >= 15 is 0 Å². The number of carbonyl (C=O) groups excluding carboxylic acids is 1. The summed E-state index contributed by atoms with van der Waals surface area (Å²) in [6, 6.07) is 3.67. The third-order valence-electron chi connectivity index (χ3n) is 3.30. The molecule has 104 valence electrons. The number of nitrogens with zero attached hydrogens (tertiary/aromatic N) is 3. The third-order valence-corrected chi connectivity index (χ3v) is 3.30. The summed E-state index contributed by atoms with van der Waals surface area (Å²) in [6.45, 7) is 3.27. The number of ether oxygens (including phenoxy) is 1. The number of carbonyl (C=O) groups is 1. The molecular formula is C14H15N3O3. The van der Waals surface area contributed by atoms with Gasteiger partial charge in [-0.3, -0.25) is 9.78 Å². The van der Waals surface area contributed by atoms with Gasteiger partial charge in [0.05, 0.1) is 25.1 Å². The van der Waals surface area contributed by atoms with Crippen LogP contribution in [0.15, 0.2) is 35.2 Å². The summed E-state index contributed by atoms with van der Waals surface area (Å²) in [5.74, 6) is 0.619. The highest BCUT2D eigenvalue weighted by molar-refractivity contribution is 5.93. The van der Waals surface area contributed by atoms with Crippen molar-refractivity contribution in [3.05, 3.63) is 47.9 Å². The van der Waals surface area contributed by atoms with Crippen LogP contribution in [-0.4, -0.2) is 40.5 Å². The summed E-state index contributed by atoms with van der Waals surface area (Å²) >= 11 is 0. The number of hydrogen-bond acceptors (Lipinski definition) is 5. The van der Waals surface area contributed by atoms with Gasteiger partial charge < -0.3 is 14.1 Å². The molecule has 0 aliphatic carbocycles. The number of furan rings is 1. The van der Waals surface area contributed by atoms with Crippen LogP contribution >= 0.6 is 0 Å². The van der Waals surface area contributed by atoms with Crippen LogP contribution in [0.2, 0.25) is 0 Å². The van der Waals surface area contributed by atoms with Crippen LogP contribution in [0.4, 0.5) is 0 Å². The molecule has 1 unspecified atom stereocenters. The number of aryl methyl sites for hydroxylation is 1. The van der Waals surface area contributed by atoms with Gasteiger partial charge in [-0.15, -0.1) is 0 Å². The van der Waals surface area contributed by atoms with Crippen molar-refractivity contribution >= 4 is 5.91 Å². The molecule has 1 amide bonds. The lowest BCUT2D eigenvalue weighted by atomic mass is 10.2. The van der Waals surface area contributed by atoms with Crippen LogP contribution < -0.4 is 0 Å². The Morgan fingerprint density at radius 3 is 3.00 bits per heavy atom. The molecule has 1 aliphatic heterocycles. The maximum Gasteiger partial charge on any atom is 0.274 e. The fourth-order valence-corrected chi connectivity index (χ4v) is 2.25. The highest BCUT2D eigenvalue weighted by Gasteiger charge is 2.28. The zero-order valence-electron chi connectivity index (χ0n) is 11.2. The Morgan fingerprint density at radius 1 is 1.40 bits per heavy atom. The van der Waals surface area contributed by atoms with E-state index in [1.165, 1.54) is 6.20 Å². The molecule has 0 aromatic carbocycles. The fraction of sp³-hybridized carbons (Fsp3) is 0.357. The zero-order chi connectivity index (χ0) is 13.9. The molecule has 0 saturated carbocycles.